The number of carbonyl (C=O) groups excluding carboxylic acids is 2. The van der Waals surface area contributed by atoms with Crippen molar-refractivity contribution in [3.63, 3.8) is 0 Å². The van der Waals surface area contributed by atoms with Crippen molar-refractivity contribution in [2.45, 2.75) is 18.6 Å². The Morgan fingerprint density at radius 2 is 1.94 bits per heavy atom. The van der Waals surface area contributed by atoms with Gasteiger partial charge in [0, 0.05) is 5.56 Å². The Morgan fingerprint density at radius 3 is 2.81 bits per heavy atom. The molecule has 0 N–H and O–H groups in total. The summed E-state index contributed by atoms with van der Waals surface area (Å²) in [6.45, 7) is 0.121. The van der Waals surface area contributed by atoms with Gasteiger partial charge in [-0.05, 0) is 36.4 Å². The van der Waals surface area contributed by atoms with Crippen molar-refractivity contribution in [2.24, 2.45) is 10.3 Å². The number of rotatable bonds is 4. The van der Waals surface area contributed by atoms with Crippen LogP contribution in [0.1, 0.15) is 5.89 Å². The van der Waals surface area contributed by atoms with E-state index in [2.05, 4.69) is 20.5 Å². The molecule has 0 bridgehead atoms. The average molecular weight is 436 g/mol. The van der Waals surface area contributed by atoms with Crippen LogP contribution in [0.5, 0.6) is 11.5 Å². The molecule has 1 aromatic heterocycles. The Balaban J connectivity index is 1.22. The third-order valence-electron chi connectivity index (χ3n) is 5.32. The SMILES string of the molecule is O=C1[C@@H]2N=NN(Cc3nc(-c4ccc5c(c4)OCO5)no3)[C@H]2C(=O)N1c1cccc(F)c1. The smallest absolute Gasteiger partial charge is 0.263 e. The summed E-state index contributed by atoms with van der Waals surface area (Å²) >= 11 is 0. The van der Waals surface area contributed by atoms with Crippen LogP contribution >= 0.6 is 0 Å². The van der Waals surface area contributed by atoms with Gasteiger partial charge in [-0.2, -0.15) is 10.1 Å². The number of hydrogen-bond donors (Lipinski definition) is 0. The highest BCUT2D eigenvalue weighted by Gasteiger charge is 2.55. The van der Waals surface area contributed by atoms with Crippen LogP contribution in [0.15, 0.2) is 57.3 Å². The number of aromatic nitrogens is 2. The molecule has 32 heavy (non-hydrogen) atoms. The second-order valence-electron chi connectivity index (χ2n) is 7.26. The number of benzene rings is 2. The molecule has 2 amide bonds. The zero-order valence-corrected chi connectivity index (χ0v) is 16.2. The fourth-order valence-corrected chi connectivity index (χ4v) is 3.83. The zero-order chi connectivity index (χ0) is 21.8. The summed E-state index contributed by atoms with van der Waals surface area (Å²) in [6.07, 6.45) is 0. The van der Waals surface area contributed by atoms with E-state index in [-0.39, 0.29) is 24.9 Å². The lowest BCUT2D eigenvalue weighted by Gasteiger charge is -2.19. The molecule has 11 nitrogen and oxygen atoms in total. The van der Waals surface area contributed by atoms with Gasteiger partial charge in [0.2, 0.25) is 18.5 Å². The molecule has 12 heteroatoms. The van der Waals surface area contributed by atoms with Crippen LogP contribution in [0.25, 0.3) is 11.4 Å². The molecule has 0 saturated carbocycles. The van der Waals surface area contributed by atoms with Gasteiger partial charge in [-0.3, -0.25) is 14.6 Å². The summed E-state index contributed by atoms with van der Waals surface area (Å²) in [4.78, 5) is 31.0. The molecule has 0 radical (unpaired) electrons. The first-order chi connectivity index (χ1) is 15.6. The first-order valence-electron chi connectivity index (χ1n) is 9.62. The number of nitrogens with zero attached hydrogens (tertiary/aromatic N) is 6. The molecule has 0 spiro atoms. The maximum atomic E-state index is 13.6. The molecular weight excluding hydrogens is 423 g/mol. The number of halogens is 1. The molecule has 3 aliphatic rings. The van der Waals surface area contributed by atoms with E-state index >= 15 is 0 Å². The number of amides is 2. The molecule has 160 valence electrons. The second kappa shape index (κ2) is 6.83. The largest absolute Gasteiger partial charge is 0.454 e. The third kappa shape index (κ3) is 2.80. The van der Waals surface area contributed by atoms with Crippen molar-refractivity contribution in [1.82, 2.24) is 15.1 Å². The van der Waals surface area contributed by atoms with E-state index in [1.54, 1.807) is 18.2 Å². The van der Waals surface area contributed by atoms with Crippen LogP contribution in [-0.2, 0) is 16.1 Å². The molecule has 1 fully saturated rings. The van der Waals surface area contributed by atoms with Gasteiger partial charge < -0.3 is 14.0 Å². The van der Waals surface area contributed by atoms with E-state index in [9.17, 15) is 14.0 Å². The molecule has 1 saturated heterocycles. The summed E-state index contributed by atoms with van der Waals surface area (Å²) in [5.41, 5.74) is 0.807. The summed E-state index contributed by atoms with van der Waals surface area (Å²) in [5.74, 6) is 0.0452. The molecule has 6 rings (SSSR count). The van der Waals surface area contributed by atoms with Gasteiger partial charge in [0.15, 0.2) is 23.6 Å². The van der Waals surface area contributed by atoms with Crippen LogP contribution in [0.3, 0.4) is 0 Å². The maximum absolute atomic E-state index is 13.6. The number of imide groups is 1. The lowest BCUT2D eigenvalue weighted by atomic mass is 10.1. The Bertz CT molecular complexity index is 1290. The van der Waals surface area contributed by atoms with Crippen LogP contribution in [0, 0.1) is 5.82 Å². The Labute approximate surface area is 179 Å². The minimum absolute atomic E-state index is 0.0295. The van der Waals surface area contributed by atoms with Crippen molar-refractivity contribution in [1.29, 1.82) is 0 Å². The minimum atomic E-state index is -1.01. The van der Waals surface area contributed by atoms with E-state index in [4.69, 9.17) is 14.0 Å². The quantitative estimate of drug-likeness (QED) is 0.570. The van der Waals surface area contributed by atoms with Crippen LogP contribution in [0.2, 0.25) is 0 Å². The molecule has 4 heterocycles. The summed E-state index contributed by atoms with van der Waals surface area (Å²) < 4.78 is 29.5. The molecular formula is C20H13FN6O5. The van der Waals surface area contributed by atoms with Crippen molar-refractivity contribution in [2.75, 3.05) is 11.7 Å². The standard InChI is InChI=1S/C20H13FN6O5/c21-11-2-1-3-12(7-11)27-19(28)16-17(20(27)29)26(25-23-16)8-15-22-18(24-32-15)10-4-5-13-14(6-10)31-9-30-13/h1-7,16-17H,8-9H2/t16-,17-/m1/s1. The number of hydrogen-bond acceptors (Lipinski definition) is 10. The number of carbonyl (C=O) groups is 2. The second-order valence-corrected chi connectivity index (χ2v) is 7.26. The van der Waals surface area contributed by atoms with Gasteiger partial charge >= 0.3 is 0 Å². The van der Waals surface area contributed by atoms with Crippen molar-refractivity contribution >= 4 is 17.5 Å². The van der Waals surface area contributed by atoms with Gasteiger partial charge in [-0.15, -0.1) is 0 Å². The normalized spacial score (nSPS) is 21.0. The highest BCUT2D eigenvalue weighted by Crippen LogP contribution is 2.36. The van der Waals surface area contributed by atoms with E-state index in [0.717, 1.165) is 11.0 Å². The average Bonchev–Trinajstić information content (AvgIpc) is 3.55. The highest BCUT2D eigenvalue weighted by atomic mass is 19.1. The number of ether oxygens (including phenoxy) is 2. The lowest BCUT2D eigenvalue weighted by molar-refractivity contribution is -0.123. The summed E-state index contributed by atoms with van der Waals surface area (Å²) in [7, 11) is 0. The molecule has 3 aliphatic heterocycles. The molecule has 0 aliphatic carbocycles. The molecule has 3 aromatic rings. The van der Waals surface area contributed by atoms with Crippen molar-refractivity contribution in [3.05, 3.63) is 54.2 Å². The van der Waals surface area contributed by atoms with Gasteiger partial charge in [-0.1, -0.05) is 16.4 Å². The third-order valence-corrected chi connectivity index (χ3v) is 5.32. The fraction of sp³-hybridized carbons (Fsp3) is 0.200. The first kappa shape index (κ1) is 18.4. The first-order valence-corrected chi connectivity index (χ1v) is 9.62. The van der Waals surface area contributed by atoms with E-state index < -0.39 is 29.7 Å². The van der Waals surface area contributed by atoms with Crippen LogP contribution in [0.4, 0.5) is 10.1 Å². The van der Waals surface area contributed by atoms with Crippen LogP contribution in [-0.4, -0.2) is 45.8 Å². The van der Waals surface area contributed by atoms with E-state index in [1.165, 1.54) is 23.2 Å². The lowest BCUT2D eigenvalue weighted by Crippen LogP contribution is -2.39. The molecule has 2 aromatic carbocycles. The predicted octanol–water partition coefficient (Wildman–Crippen LogP) is 2.10. The Morgan fingerprint density at radius 1 is 1.06 bits per heavy atom. The zero-order valence-electron chi connectivity index (χ0n) is 16.2. The van der Waals surface area contributed by atoms with E-state index in [0.29, 0.717) is 22.9 Å². The van der Waals surface area contributed by atoms with Gasteiger partial charge in [0.05, 0.1) is 5.69 Å². The monoisotopic (exact) mass is 436 g/mol. The minimum Gasteiger partial charge on any atom is -0.454 e. The fourth-order valence-electron chi connectivity index (χ4n) is 3.83. The topological polar surface area (TPSA) is 123 Å². The van der Waals surface area contributed by atoms with Crippen molar-refractivity contribution in [3.8, 4) is 22.9 Å². The number of anilines is 1. The highest BCUT2D eigenvalue weighted by molar-refractivity contribution is 6.25. The number of fused-ring (bicyclic) bond motifs is 2. The molecule has 0 unspecified atom stereocenters. The predicted molar refractivity (Wildman–Crippen MR) is 103 cm³/mol. The van der Waals surface area contributed by atoms with E-state index in [1.807, 2.05) is 0 Å². The van der Waals surface area contributed by atoms with Crippen molar-refractivity contribution < 1.29 is 28.0 Å². The summed E-state index contributed by atoms with van der Waals surface area (Å²) in [6, 6.07) is 8.53. The van der Waals surface area contributed by atoms with Crippen LogP contribution < -0.4 is 14.4 Å². The van der Waals surface area contributed by atoms with Gasteiger partial charge in [-0.25, -0.2) is 9.29 Å². The maximum Gasteiger partial charge on any atom is 0.263 e. The van der Waals surface area contributed by atoms with Gasteiger partial charge in [0.25, 0.3) is 11.8 Å². The van der Waals surface area contributed by atoms with Gasteiger partial charge in [0.1, 0.15) is 12.4 Å². The Hall–Kier alpha value is -4.35. The summed E-state index contributed by atoms with van der Waals surface area (Å²) in [5, 5.41) is 13.2. The Kier molecular flexibility index (Phi) is 3.93. The molecule has 2 atom stereocenters.